The molecule has 0 amide bonds. The van der Waals surface area contributed by atoms with Crippen molar-refractivity contribution in [3.63, 3.8) is 0 Å². The van der Waals surface area contributed by atoms with Crippen molar-refractivity contribution in [3.05, 3.63) is 18.0 Å². The van der Waals surface area contributed by atoms with Crippen LogP contribution in [0.4, 0.5) is 0 Å². The quantitative estimate of drug-likeness (QED) is 0.673. The Labute approximate surface area is 68.2 Å². The third-order valence-electron chi connectivity index (χ3n) is 1.29. The topological polar surface area (TPSA) is 79.7 Å². The van der Waals surface area contributed by atoms with Crippen LogP contribution < -0.4 is 4.74 Å². The Morgan fingerprint density at radius 1 is 1.67 bits per heavy atom. The van der Waals surface area contributed by atoms with E-state index in [4.69, 9.17) is 10.2 Å². The number of ether oxygens (including phenoxy) is 1. The summed E-state index contributed by atoms with van der Waals surface area (Å²) < 4.78 is 4.68. The molecule has 12 heavy (non-hydrogen) atoms. The third-order valence-corrected chi connectivity index (χ3v) is 1.29. The van der Waals surface area contributed by atoms with Gasteiger partial charge in [-0.25, -0.2) is 9.78 Å². The van der Waals surface area contributed by atoms with Crippen molar-refractivity contribution >= 4 is 5.97 Å². The molecule has 0 unspecified atom stereocenters. The van der Waals surface area contributed by atoms with Crippen LogP contribution in [0.5, 0.6) is 11.5 Å². The molecule has 0 aromatic carbocycles. The van der Waals surface area contributed by atoms with Crippen molar-refractivity contribution in [3.8, 4) is 11.5 Å². The summed E-state index contributed by atoms with van der Waals surface area (Å²) in [6.07, 6.45) is 1.03. The van der Waals surface area contributed by atoms with E-state index in [1.54, 1.807) is 0 Å². The zero-order chi connectivity index (χ0) is 9.14. The normalized spacial score (nSPS) is 9.42. The maximum atomic E-state index is 10.4. The van der Waals surface area contributed by atoms with Crippen molar-refractivity contribution in [1.82, 2.24) is 4.98 Å². The van der Waals surface area contributed by atoms with E-state index in [0.29, 0.717) is 0 Å². The number of carboxylic acids is 1. The predicted molar refractivity (Wildman–Crippen MR) is 39.4 cm³/mol. The number of nitrogens with zero attached hydrogens (tertiary/aromatic N) is 1. The summed E-state index contributed by atoms with van der Waals surface area (Å²) >= 11 is 0. The fourth-order valence-electron chi connectivity index (χ4n) is 0.710. The van der Waals surface area contributed by atoms with Gasteiger partial charge in [-0.3, -0.25) is 0 Å². The van der Waals surface area contributed by atoms with E-state index < -0.39 is 5.97 Å². The highest BCUT2D eigenvalue weighted by atomic mass is 16.5. The monoisotopic (exact) mass is 169 g/mol. The van der Waals surface area contributed by atoms with E-state index >= 15 is 0 Å². The summed E-state index contributed by atoms with van der Waals surface area (Å²) in [5, 5.41) is 17.5. The fourth-order valence-corrected chi connectivity index (χ4v) is 0.710. The molecule has 0 radical (unpaired) electrons. The van der Waals surface area contributed by atoms with Gasteiger partial charge in [-0.05, 0) is 0 Å². The molecule has 0 saturated carbocycles. The number of aromatic nitrogens is 1. The van der Waals surface area contributed by atoms with Gasteiger partial charge in [0.15, 0.2) is 17.2 Å². The van der Waals surface area contributed by atoms with Gasteiger partial charge in [-0.15, -0.1) is 0 Å². The maximum absolute atomic E-state index is 10.4. The molecule has 0 saturated heterocycles. The second-order valence-electron chi connectivity index (χ2n) is 2.05. The van der Waals surface area contributed by atoms with Crippen LogP contribution in [0.15, 0.2) is 12.3 Å². The number of aromatic carboxylic acids is 1. The largest absolute Gasteiger partial charge is 0.503 e. The number of pyridine rings is 1. The molecule has 1 heterocycles. The Bertz CT molecular complexity index is 310. The Hall–Kier alpha value is -1.78. The molecule has 0 aliphatic heterocycles. The number of rotatable bonds is 2. The number of carboxylic acid groups (broad SMARTS) is 1. The predicted octanol–water partition coefficient (Wildman–Crippen LogP) is 0.494. The smallest absolute Gasteiger partial charge is 0.354 e. The first kappa shape index (κ1) is 8.32. The third kappa shape index (κ3) is 1.45. The first-order valence-electron chi connectivity index (χ1n) is 3.11. The van der Waals surface area contributed by atoms with Gasteiger partial charge in [0, 0.05) is 6.07 Å². The number of aromatic hydroxyl groups is 1. The van der Waals surface area contributed by atoms with Gasteiger partial charge < -0.3 is 14.9 Å². The first-order valence-corrected chi connectivity index (χ1v) is 3.11. The second-order valence-corrected chi connectivity index (χ2v) is 2.05. The number of carbonyl (C=O) groups is 1. The molecule has 0 aliphatic rings. The van der Waals surface area contributed by atoms with E-state index in [0.717, 1.165) is 12.3 Å². The average molecular weight is 169 g/mol. The van der Waals surface area contributed by atoms with Crippen molar-refractivity contribution in [1.29, 1.82) is 0 Å². The van der Waals surface area contributed by atoms with E-state index in [1.807, 2.05) is 0 Å². The molecule has 0 aliphatic carbocycles. The lowest BCUT2D eigenvalue weighted by Gasteiger charge is -2.02. The van der Waals surface area contributed by atoms with Crippen LogP contribution in [0.1, 0.15) is 10.5 Å². The van der Waals surface area contributed by atoms with Crippen LogP contribution in [0, 0.1) is 0 Å². The van der Waals surface area contributed by atoms with E-state index in [9.17, 15) is 4.79 Å². The van der Waals surface area contributed by atoms with Crippen molar-refractivity contribution in [2.75, 3.05) is 7.11 Å². The second kappa shape index (κ2) is 3.08. The van der Waals surface area contributed by atoms with Gasteiger partial charge >= 0.3 is 5.97 Å². The van der Waals surface area contributed by atoms with Gasteiger partial charge in [0.25, 0.3) is 0 Å². The van der Waals surface area contributed by atoms with Crippen LogP contribution in [0.25, 0.3) is 0 Å². The zero-order valence-corrected chi connectivity index (χ0v) is 6.31. The summed E-state index contributed by atoms with van der Waals surface area (Å²) in [5.74, 6) is -1.24. The van der Waals surface area contributed by atoms with Crippen LogP contribution in [-0.4, -0.2) is 28.3 Å². The lowest BCUT2D eigenvalue weighted by Crippen LogP contribution is -2.00. The summed E-state index contributed by atoms with van der Waals surface area (Å²) in [4.78, 5) is 13.8. The molecule has 64 valence electrons. The van der Waals surface area contributed by atoms with E-state index in [2.05, 4.69) is 9.72 Å². The lowest BCUT2D eigenvalue weighted by atomic mass is 10.3. The minimum Gasteiger partial charge on any atom is -0.503 e. The van der Waals surface area contributed by atoms with Crippen molar-refractivity contribution in [2.45, 2.75) is 0 Å². The zero-order valence-electron chi connectivity index (χ0n) is 6.31. The Balaban J connectivity index is 3.13. The molecule has 2 N–H and O–H groups in total. The molecular weight excluding hydrogens is 162 g/mol. The van der Waals surface area contributed by atoms with Crippen molar-refractivity contribution in [2.24, 2.45) is 0 Å². The molecule has 1 rings (SSSR count). The minimum atomic E-state index is -1.16. The number of hydrogen-bond donors (Lipinski definition) is 2. The molecule has 0 fully saturated rings. The first-order chi connectivity index (χ1) is 5.65. The van der Waals surface area contributed by atoms with Crippen LogP contribution >= 0.6 is 0 Å². The summed E-state index contributed by atoms with van der Waals surface area (Å²) in [7, 11) is 1.33. The van der Waals surface area contributed by atoms with Crippen molar-refractivity contribution < 1.29 is 19.7 Å². The van der Waals surface area contributed by atoms with Crippen LogP contribution in [-0.2, 0) is 0 Å². The average Bonchev–Trinajstić information content (AvgIpc) is 2.05. The molecular formula is C7H7NO4. The summed E-state index contributed by atoms with van der Waals surface area (Å²) in [6.45, 7) is 0. The minimum absolute atomic E-state index is 0.0994. The molecule has 5 heteroatoms. The maximum Gasteiger partial charge on any atom is 0.354 e. The van der Waals surface area contributed by atoms with Gasteiger partial charge in [0.1, 0.15) is 0 Å². The Kier molecular flexibility index (Phi) is 2.14. The van der Waals surface area contributed by atoms with Gasteiger partial charge in [-0.2, -0.15) is 0 Å². The Morgan fingerprint density at radius 3 is 2.83 bits per heavy atom. The highest BCUT2D eigenvalue weighted by Gasteiger charge is 2.08. The SMILES string of the molecule is COc1cc(C(=O)O)ncc1O. The van der Waals surface area contributed by atoms with Gasteiger partial charge in [0.05, 0.1) is 13.3 Å². The molecule has 0 spiro atoms. The summed E-state index contributed by atoms with van der Waals surface area (Å²) in [6, 6.07) is 1.15. The molecule has 0 bridgehead atoms. The van der Waals surface area contributed by atoms with Crippen LogP contribution in [0.2, 0.25) is 0 Å². The van der Waals surface area contributed by atoms with Crippen LogP contribution in [0.3, 0.4) is 0 Å². The molecule has 0 atom stereocenters. The van der Waals surface area contributed by atoms with Gasteiger partial charge in [-0.1, -0.05) is 0 Å². The highest BCUT2D eigenvalue weighted by molar-refractivity contribution is 5.85. The van der Waals surface area contributed by atoms with E-state index in [1.165, 1.54) is 7.11 Å². The Morgan fingerprint density at radius 2 is 2.33 bits per heavy atom. The highest BCUT2D eigenvalue weighted by Crippen LogP contribution is 2.24. The number of methoxy groups -OCH3 is 1. The van der Waals surface area contributed by atoms with E-state index in [-0.39, 0.29) is 17.2 Å². The molecule has 1 aromatic heterocycles. The lowest BCUT2D eigenvalue weighted by molar-refractivity contribution is 0.0690. The standard InChI is InChI=1S/C7H7NO4/c1-12-6-2-4(7(10)11)8-3-5(6)9/h2-3,9H,1H3,(H,10,11). The molecule has 5 nitrogen and oxygen atoms in total. The summed E-state index contributed by atoms with van der Waals surface area (Å²) in [5.41, 5.74) is -0.162. The number of hydrogen-bond acceptors (Lipinski definition) is 4. The molecule has 1 aromatic rings. The fraction of sp³-hybridized carbons (Fsp3) is 0.143. The van der Waals surface area contributed by atoms with Gasteiger partial charge in [0.2, 0.25) is 0 Å².